The predicted molar refractivity (Wildman–Crippen MR) is 121 cm³/mol. The highest BCUT2D eigenvalue weighted by Crippen LogP contribution is 2.35. The molecule has 3 heterocycles. The number of carbonyl (C=O) groups is 2. The van der Waals surface area contributed by atoms with E-state index in [1.807, 2.05) is 0 Å². The van der Waals surface area contributed by atoms with Gasteiger partial charge in [-0.3, -0.25) is 9.59 Å². The van der Waals surface area contributed by atoms with Gasteiger partial charge in [-0.05, 0) is 36.4 Å². The highest BCUT2D eigenvalue weighted by molar-refractivity contribution is 6.00. The normalized spacial score (nSPS) is 13.5. The number of benzene rings is 2. The third-order valence-corrected chi connectivity index (χ3v) is 5.99. The van der Waals surface area contributed by atoms with E-state index in [9.17, 15) is 22.8 Å². The molecule has 35 heavy (non-hydrogen) atoms. The van der Waals surface area contributed by atoms with Gasteiger partial charge < -0.3 is 15.6 Å². The first-order valence-electron chi connectivity index (χ1n) is 10.6. The first-order valence-corrected chi connectivity index (χ1v) is 10.6. The van der Waals surface area contributed by atoms with Crippen LogP contribution in [0.15, 0.2) is 54.9 Å². The maximum atomic E-state index is 14.8. The van der Waals surface area contributed by atoms with Crippen molar-refractivity contribution in [2.45, 2.75) is 19.0 Å². The van der Waals surface area contributed by atoms with E-state index in [2.05, 4.69) is 21.8 Å². The second-order valence-corrected chi connectivity index (χ2v) is 8.04. The van der Waals surface area contributed by atoms with Gasteiger partial charge in [0, 0.05) is 46.5 Å². The van der Waals surface area contributed by atoms with Gasteiger partial charge in [0.15, 0.2) is 0 Å². The Morgan fingerprint density at radius 3 is 2.77 bits per heavy atom. The number of hydrogen-bond acceptors (Lipinski definition) is 3. The number of aromatic amines is 1. The third-order valence-electron chi connectivity index (χ3n) is 5.99. The van der Waals surface area contributed by atoms with Crippen molar-refractivity contribution >= 4 is 22.8 Å². The molecular formula is C26H17F3N4O2. The summed E-state index contributed by atoms with van der Waals surface area (Å²) in [6.45, 7) is -0.118. The maximum absolute atomic E-state index is 14.8. The van der Waals surface area contributed by atoms with Crippen molar-refractivity contribution in [2.75, 3.05) is 0 Å². The lowest BCUT2D eigenvalue weighted by Gasteiger charge is -2.27. The van der Waals surface area contributed by atoms with Gasteiger partial charge in [0.2, 0.25) is 0 Å². The summed E-state index contributed by atoms with van der Waals surface area (Å²) in [6, 6.07) is 7.76. The summed E-state index contributed by atoms with van der Waals surface area (Å²) in [5.74, 6) is 2.58. The van der Waals surface area contributed by atoms with Gasteiger partial charge in [-0.2, -0.15) is 0 Å². The standard InChI is InChI=1S/C26H17F3N4O2/c27-14-7-8-22(29)18(11-14)23(33-13-20-17(26(33)35)4-1-5-21(20)28)6-2-3-15-16-9-10-31-25(16)32-12-19(15)24(30)34/h1,4-5,7-12,23H,6,13H2,(H2,30,34)(H,31,32). The van der Waals surface area contributed by atoms with E-state index < -0.39 is 35.3 Å². The fraction of sp³-hybridized carbons (Fsp3) is 0.115. The third kappa shape index (κ3) is 3.89. The molecule has 1 aliphatic heterocycles. The maximum Gasteiger partial charge on any atom is 0.255 e. The number of fused-ring (bicyclic) bond motifs is 2. The average Bonchev–Trinajstić information content (AvgIpc) is 3.44. The summed E-state index contributed by atoms with van der Waals surface area (Å²) in [4.78, 5) is 33.3. The minimum Gasteiger partial charge on any atom is -0.366 e. The Morgan fingerprint density at radius 2 is 2.00 bits per heavy atom. The second-order valence-electron chi connectivity index (χ2n) is 8.04. The zero-order valence-corrected chi connectivity index (χ0v) is 18.1. The van der Waals surface area contributed by atoms with Crippen LogP contribution in [0.2, 0.25) is 0 Å². The van der Waals surface area contributed by atoms with E-state index >= 15 is 0 Å². The topological polar surface area (TPSA) is 92.1 Å². The van der Waals surface area contributed by atoms with Gasteiger partial charge in [-0.15, -0.1) is 0 Å². The summed E-state index contributed by atoms with van der Waals surface area (Å²) in [6.07, 6.45) is 2.82. The van der Waals surface area contributed by atoms with Gasteiger partial charge in [0.05, 0.1) is 18.2 Å². The van der Waals surface area contributed by atoms with Gasteiger partial charge in [0.25, 0.3) is 11.8 Å². The monoisotopic (exact) mass is 474 g/mol. The number of nitrogens with one attached hydrogen (secondary N) is 1. The highest BCUT2D eigenvalue weighted by atomic mass is 19.1. The van der Waals surface area contributed by atoms with Crippen molar-refractivity contribution in [3.63, 3.8) is 0 Å². The number of rotatable bonds is 4. The molecule has 1 unspecified atom stereocenters. The molecular weight excluding hydrogens is 457 g/mol. The summed E-state index contributed by atoms with van der Waals surface area (Å²) in [5, 5.41) is 0.564. The summed E-state index contributed by atoms with van der Waals surface area (Å²) < 4.78 is 43.2. The van der Waals surface area contributed by atoms with Crippen molar-refractivity contribution in [1.82, 2.24) is 14.9 Å². The fourth-order valence-electron chi connectivity index (χ4n) is 4.29. The van der Waals surface area contributed by atoms with Crippen LogP contribution in [0, 0.1) is 29.3 Å². The number of nitrogens with zero attached hydrogens (tertiary/aromatic N) is 2. The van der Waals surface area contributed by atoms with Crippen molar-refractivity contribution in [2.24, 2.45) is 5.73 Å². The van der Waals surface area contributed by atoms with Crippen LogP contribution in [-0.4, -0.2) is 26.7 Å². The van der Waals surface area contributed by atoms with Gasteiger partial charge in [0.1, 0.15) is 23.1 Å². The number of pyridine rings is 1. The molecule has 3 N–H and O–H groups in total. The largest absolute Gasteiger partial charge is 0.366 e. The predicted octanol–water partition coefficient (Wildman–Crippen LogP) is 4.22. The molecule has 1 aliphatic rings. The van der Waals surface area contributed by atoms with Gasteiger partial charge in [-0.1, -0.05) is 17.9 Å². The number of nitrogens with two attached hydrogens (primary N) is 1. The lowest BCUT2D eigenvalue weighted by Crippen LogP contribution is -2.29. The number of amides is 2. The number of H-pyrrole nitrogens is 1. The van der Waals surface area contributed by atoms with Crippen molar-refractivity contribution in [1.29, 1.82) is 0 Å². The molecule has 5 rings (SSSR count). The molecule has 0 bridgehead atoms. The smallest absolute Gasteiger partial charge is 0.255 e. The summed E-state index contributed by atoms with van der Waals surface area (Å²) in [5.41, 5.74) is 6.66. The van der Waals surface area contributed by atoms with Crippen LogP contribution in [0.3, 0.4) is 0 Å². The van der Waals surface area contributed by atoms with Gasteiger partial charge >= 0.3 is 0 Å². The molecule has 0 fully saturated rings. The molecule has 174 valence electrons. The molecule has 4 aromatic rings. The van der Waals surface area contributed by atoms with E-state index in [-0.39, 0.29) is 35.2 Å². The van der Waals surface area contributed by atoms with E-state index in [1.54, 1.807) is 12.3 Å². The van der Waals surface area contributed by atoms with Crippen LogP contribution in [0.1, 0.15) is 49.9 Å². The second kappa shape index (κ2) is 8.65. The highest BCUT2D eigenvalue weighted by Gasteiger charge is 2.36. The van der Waals surface area contributed by atoms with E-state index in [4.69, 9.17) is 5.73 Å². The number of carbonyl (C=O) groups excluding carboxylic acids is 2. The molecule has 1 atom stereocenters. The Bertz CT molecular complexity index is 1570. The summed E-state index contributed by atoms with van der Waals surface area (Å²) in [7, 11) is 0. The van der Waals surface area contributed by atoms with E-state index in [0.717, 1.165) is 18.2 Å². The van der Waals surface area contributed by atoms with Crippen LogP contribution < -0.4 is 5.73 Å². The molecule has 2 aromatic heterocycles. The molecule has 9 heteroatoms. The molecule has 0 saturated heterocycles. The lowest BCUT2D eigenvalue weighted by molar-refractivity contribution is 0.0700. The van der Waals surface area contributed by atoms with E-state index in [1.165, 1.54) is 29.3 Å². The van der Waals surface area contributed by atoms with Crippen LogP contribution in [0.25, 0.3) is 11.0 Å². The Balaban J connectivity index is 1.57. The first-order chi connectivity index (χ1) is 16.8. The Morgan fingerprint density at radius 1 is 1.17 bits per heavy atom. The fourth-order valence-corrected chi connectivity index (χ4v) is 4.29. The number of hydrogen-bond donors (Lipinski definition) is 2. The van der Waals surface area contributed by atoms with Crippen LogP contribution in [-0.2, 0) is 6.54 Å². The quantitative estimate of drug-likeness (QED) is 0.434. The Kier molecular flexibility index (Phi) is 5.49. The number of aromatic nitrogens is 2. The average molecular weight is 474 g/mol. The lowest BCUT2D eigenvalue weighted by atomic mass is 10.00. The Labute approximate surface area is 197 Å². The van der Waals surface area contributed by atoms with Crippen LogP contribution in [0.4, 0.5) is 13.2 Å². The number of halogens is 3. The molecule has 0 radical (unpaired) electrons. The van der Waals surface area contributed by atoms with E-state index in [0.29, 0.717) is 16.6 Å². The molecule has 0 aliphatic carbocycles. The SMILES string of the molecule is NC(=O)c1cnc2[nH]ccc2c1C#CCC(c1cc(F)ccc1F)N1Cc2c(F)cccc2C1=O. The molecule has 2 aromatic carbocycles. The minimum atomic E-state index is -1.02. The first kappa shape index (κ1) is 22.2. The van der Waals surface area contributed by atoms with Gasteiger partial charge in [-0.25, -0.2) is 18.2 Å². The van der Waals surface area contributed by atoms with Crippen molar-refractivity contribution in [3.05, 3.63) is 100 Å². The van der Waals surface area contributed by atoms with Crippen molar-refractivity contribution in [3.8, 4) is 11.8 Å². The van der Waals surface area contributed by atoms with Crippen LogP contribution in [0.5, 0.6) is 0 Å². The zero-order valence-electron chi connectivity index (χ0n) is 18.1. The molecule has 0 saturated carbocycles. The minimum absolute atomic E-state index is 0.0856. The Hall–Kier alpha value is -4.58. The summed E-state index contributed by atoms with van der Waals surface area (Å²) >= 11 is 0. The van der Waals surface area contributed by atoms with Crippen molar-refractivity contribution < 1.29 is 22.8 Å². The molecule has 6 nitrogen and oxygen atoms in total. The number of primary amides is 1. The zero-order chi connectivity index (χ0) is 24.7. The molecule has 0 spiro atoms. The molecule has 2 amide bonds. The van der Waals surface area contributed by atoms with Crippen LogP contribution >= 0.6 is 0 Å².